The molecule has 112 valence electrons. The van der Waals surface area contributed by atoms with E-state index in [-0.39, 0.29) is 12.5 Å². The lowest BCUT2D eigenvalue weighted by atomic mass is 9.88. The van der Waals surface area contributed by atoms with E-state index in [0.717, 1.165) is 0 Å². The van der Waals surface area contributed by atoms with Crippen LogP contribution in [-0.4, -0.2) is 17.8 Å². The van der Waals surface area contributed by atoms with Crippen molar-refractivity contribution in [3.63, 3.8) is 0 Å². The van der Waals surface area contributed by atoms with Gasteiger partial charge in [0.2, 0.25) is 29.1 Å². The topological polar surface area (TPSA) is 29.5 Å². The number of halogens is 5. The van der Waals surface area contributed by atoms with Crippen molar-refractivity contribution >= 4 is 0 Å². The van der Waals surface area contributed by atoms with Gasteiger partial charge in [0.05, 0.1) is 6.10 Å². The molecule has 2 nitrogen and oxygen atoms in total. The van der Waals surface area contributed by atoms with Gasteiger partial charge in [0.1, 0.15) is 0 Å². The van der Waals surface area contributed by atoms with Gasteiger partial charge < -0.3 is 9.84 Å². The smallest absolute Gasteiger partial charge is 0.207 e. The Kier molecular flexibility index (Phi) is 4.47. The molecule has 0 aromatic heterocycles. The molecule has 2 rings (SSSR count). The van der Waals surface area contributed by atoms with Crippen molar-refractivity contribution < 1.29 is 31.8 Å². The first-order chi connectivity index (χ1) is 9.45. The molecule has 0 atom stereocenters. The second kappa shape index (κ2) is 5.95. The highest BCUT2D eigenvalue weighted by Gasteiger charge is 2.30. The van der Waals surface area contributed by atoms with E-state index in [1.165, 1.54) is 0 Å². The largest absolute Gasteiger partial charge is 0.484 e. The van der Waals surface area contributed by atoms with E-state index in [9.17, 15) is 22.0 Å². The molecule has 1 aliphatic carbocycles. The van der Waals surface area contributed by atoms with Gasteiger partial charge in [-0.1, -0.05) is 0 Å². The number of rotatable bonds is 3. The fourth-order valence-electron chi connectivity index (χ4n) is 2.29. The van der Waals surface area contributed by atoms with Crippen LogP contribution in [0.15, 0.2) is 0 Å². The van der Waals surface area contributed by atoms with Crippen LogP contribution in [0.2, 0.25) is 0 Å². The van der Waals surface area contributed by atoms with Gasteiger partial charge in [-0.25, -0.2) is 13.2 Å². The third kappa shape index (κ3) is 2.72. The van der Waals surface area contributed by atoms with E-state index in [4.69, 9.17) is 9.84 Å². The molecule has 7 heteroatoms. The number of ether oxygens (including phenoxy) is 1. The average Bonchev–Trinajstić information content (AvgIpc) is 2.48. The van der Waals surface area contributed by atoms with E-state index in [2.05, 4.69) is 0 Å². The molecule has 1 aromatic rings. The van der Waals surface area contributed by atoms with Crippen molar-refractivity contribution in [1.29, 1.82) is 0 Å². The molecule has 1 saturated carbocycles. The molecular weight excluding hydrogens is 283 g/mol. The van der Waals surface area contributed by atoms with Gasteiger partial charge in [-0.15, -0.1) is 0 Å². The zero-order valence-electron chi connectivity index (χ0n) is 10.4. The van der Waals surface area contributed by atoms with Gasteiger partial charge in [0.25, 0.3) is 0 Å². The first-order valence-electron chi connectivity index (χ1n) is 6.24. The maximum absolute atomic E-state index is 13.4. The highest BCUT2D eigenvalue weighted by atomic mass is 19.2. The van der Waals surface area contributed by atoms with Crippen LogP contribution in [0, 0.1) is 35.0 Å². The van der Waals surface area contributed by atoms with Crippen LogP contribution in [0.1, 0.15) is 25.7 Å². The minimum absolute atomic E-state index is 0.00917. The zero-order valence-corrected chi connectivity index (χ0v) is 10.4. The molecule has 1 fully saturated rings. The first-order valence-corrected chi connectivity index (χ1v) is 6.24. The highest BCUT2D eigenvalue weighted by molar-refractivity contribution is 5.30. The van der Waals surface area contributed by atoms with Crippen molar-refractivity contribution in [2.45, 2.75) is 31.8 Å². The van der Waals surface area contributed by atoms with Crippen molar-refractivity contribution in [1.82, 2.24) is 0 Å². The lowest BCUT2D eigenvalue weighted by molar-refractivity contribution is 0.0949. The maximum Gasteiger partial charge on any atom is 0.207 e. The molecule has 0 heterocycles. The second-order valence-electron chi connectivity index (χ2n) is 4.84. The predicted molar refractivity (Wildman–Crippen MR) is 59.7 cm³/mol. The summed E-state index contributed by atoms with van der Waals surface area (Å²) in [7, 11) is 0. The molecule has 0 amide bonds. The Bertz CT molecular complexity index is 469. The summed E-state index contributed by atoms with van der Waals surface area (Å²) >= 11 is 0. The molecule has 1 aromatic carbocycles. The standard InChI is InChI=1S/C13H13F5O2/c14-8-9(15)11(17)13(12(18)10(8)16)20-7-3-1-6(5-19)2-4-7/h6-7,19H,1-5H2. The molecule has 0 radical (unpaired) electrons. The number of hydrogen-bond donors (Lipinski definition) is 1. The van der Waals surface area contributed by atoms with Crippen molar-refractivity contribution in [3.05, 3.63) is 29.1 Å². The Hall–Kier alpha value is -1.37. The summed E-state index contributed by atoms with van der Waals surface area (Å²) in [6.45, 7) is 0.00917. The summed E-state index contributed by atoms with van der Waals surface area (Å²) < 4.78 is 70.6. The second-order valence-corrected chi connectivity index (χ2v) is 4.84. The van der Waals surface area contributed by atoms with Crippen LogP contribution in [0.25, 0.3) is 0 Å². The lowest BCUT2D eigenvalue weighted by Gasteiger charge is -2.28. The number of benzene rings is 1. The molecule has 1 N–H and O–H groups in total. The Balaban J connectivity index is 2.18. The molecule has 0 saturated heterocycles. The van der Waals surface area contributed by atoms with Gasteiger partial charge in [-0.2, -0.15) is 8.78 Å². The summed E-state index contributed by atoms with van der Waals surface area (Å²) in [4.78, 5) is 0. The van der Waals surface area contributed by atoms with Gasteiger partial charge in [-0.05, 0) is 31.6 Å². The average molecular weight is 296 g/mol. The molecule has 0 aliphatic heterocycles. The third-order valence-electron chi connectivity index (χ3n) is 3.51. The van der Waals surface area contributed by atoms with Crippen LogP contribution in [0.4, 0.5) is 22.0 Å². The Morgan fingerprint density at radius 2 is 1.25 bits per heavy atom. The van der Waals surface area contributed by atoms with Gasteiger partial charge >= 0.3 is 0 Å². The summed E-state index contributed by atoms with van der Waals surface area (Å²) in [6.07, 6.45) is 1.33. The van der Waals surface area contributed by atoms with Gasteiger partial charge in [-0.3, -0.25) is 0 Å². The van der Waals surface area contributed by atoms with E-state index in [1.54, 1.807) is 0 Å². The van der Waals surface area contributed by atoms with E-state index in [0.29, 0.717) is 25.7 Å². The highest BCUT2D eigenvalue weighted by Crippen LogP contribution is 2.33. The fraction of sp³-hybridized carbons (Fsp3) is 0.538. The normalized spacial score (nSPS) is 22.9. The van der Waals surface area contributed by atoms with Gasteiger partial charge in [0, 0.05) is 6.61 Å². The number of aliphatic hydroxyl groups is 1. The third-order valence-corrected chi connectivity index (χ3v) is 3.51. The van der Waals surface area contributed by atoms with Crippen molar-refractivity contribution in [2.75, 3.05) is 6.61 Å². The van der Waals surface area contributed by atoms with Crippen molar-refractivity contribution in [2.24, 2.45) is 5.92 Å². The molecular formula is C13H13F5O2. The van der Waals surface area contributed by atoms with Crippen LogP contribution in [-0.2, 0) is 0 Å². The summed E-state index contributed by atoms with van der Waals surface area (Å²) in [5.41, 5.74) is 0. The van der Waals surface area contributed by atoms with E-state index in [1.807, 2.05) is 0 Å². The minimum Gasteiger partial charge on any atom is -0.484 e. The van der Waals surface area contributed by atoms with Crippen LogP contribution in [0.5, 0.6) is 5.75 Å². The number of hydrogen-bond acceptors (Lipinski definition) is 2. The van der Waals surface area contributed by atoms with Crippen molar-refractivity contribution in [3.8, 4) is 5.75 Å². The van der Waals surface area contributed by atoms with Crippen LogP contribution >= 0.6 is 0 Å². The zero-order chi connectivity index (χ0) is 14.9. The maximum atomic E-state index is 13.4. The number of aliphatic hydroxyl groups excluding tert-OH is 1. The fourth-order valence-corrected chi connectivity index (χ4v) is 2.29. The summed E-state index contributed by atoms with van der Waals surface area (Å²) in [5.74, 6) is -11.3. The van der Waals surface area contributed by atoms with Crippen LogP contribution in [0.3, 0.4) is 0 Å². The van der Waals surface area contributed by atoms with Gasteiger partial charge in [0.15, 0.2) is 5.75 Å². The minimum atomic E-state index is -2.20. The molecule has 1 aliphatic rings. The van der Waals surface area contributed by atoms with E-state index >= 15 is 0 Å². The summed E-state index contributed by atoms with van der Waals surface area (Å²) in [5, 5.41) is 8.96. The Morgan fingerprint density at radius 3 is 1.70 bits per heavy atom. The Labute approximate surface area is 112 Å². The molecule has 0 bridgehead atoms. The SMILES string of the molecule is OCC1CCC(Oc2c(F)c(F)c(F)c(F)c2F)CC1. The summed E-state index contributed by atoms with van der Waals surface area (Å²) in [6, 6.07) is 0. The molecule has 0 unspecified atom stereocenters. The predicted octanol–water partition coefficient (Wildman–Crippen LogP) is 3.31. The molecule has 0 spiro atoms. The van der Waals surface area contributed by atoms with Crippen LogP contribution < -0.4 is 4.74 Å². The Morgan fingerprint density at radius 1 is 0.800 bits per heavy atom. The quantitative estimate of drug-likeness (QED) is 0.527. The lowest BCUT2D eigenvalue weighted by Crippen LogP contribution is -2.26. The molecule has 20 heavy (non-hydrogen) atoms. The first kappa shape index (κ1) is 15.0. The van der Waals surface area contributed by atoms with E-state index < -0.39 is 40.9 Å². The monoisotopic (exact) mass is 296 g/mol.